The third-order valence-corrected chi connectivity index (χ3v) is 3.88. The highest BCUT2D eigenvalue weighted by molar-refractivity contribution is 4.97. The topological polar surface area (TPSA) is 3.24 Å². The summed E-state index contributed by atoms with van der Waals surface area (Å²) in [5.74, 6) is 0. The lowest BCUT2D eigenvalue weighted by atomic mass is 9.79. The van der Waals surface area contributed by atoms with Crippen LogP contribution in [0.1, 0.15) is 46.5 Å². The SMILES string of the molecule is CC(C)(C)C1CCCC2C(F)CCN21. The summed E-state index contributed by atoms with van der Waals surface area (Å²) in [7, 11) is 0. The van der Waals surface area contributed by atoms with E-state index in [1.54, 1.807) is 0 Å². The van der Waals surface area contributed by atoms with Crippen LogP contribution in [-0.2, 0) is 0 Å². The fraction of sp³-hybridized carbons (Fsp3) is 1.00. The van der Waals surface area contributed by atoms with E-state index >= 15 is 0 Å². The minimum absolute atomic E-state index is 0.243. The number of hydrogen-bond donors (Lipinski definition) is 0. The molecule has 2 aliphatic heterocycles. The van der Waals surface area contributed by atoms with Gasteiger partial charge < -0.3 is 0 Å². The molecule has 0 spiro atoms. The van der Waals surface area contributed by atoms with Crippen molar-refractivity contribution >= 4 is 0 Å². The molecule has 0 N–H and O–H groups in total. The van der Waals surface area contributed by atoms with E-state index in [-0.39, 0.29) is 6.04 Å². The Bertz CT molecular complexity index is 209. The number of piperidine rings is 1. The van der Waals surface area contributed by atoms with Crippen LogP contribution < -0.4 is 0 Å². The predicted molar refractivity (Wildman–Crippen MR) is 57.1 cm³/mol. The molecule has 82 valence electrons. The van der Waals surface area contributed by atoms with Gasteiger partial charge in [-0.3, -0.25) is 4.90 Å². The summed E-state index contributed by atoms with van der Waals surface area (Å²) in [5, 5.41) is 0. The Balaban J connectivity index is 2.13. The fourth-order valence-corrected chi connectivity index (χ4v) is 3.19. The first-order valence-corrected chi connectivity index (χ1v) is 5.90. The Labute approximate surface area is 86.7 Å². The Morgan fingerprint density at radius 2 is 1.86 bits per heavy atom. The third-order valence-electron chi connectivity index (χ3n) is 3.88. The van der Waals surface area contributed by atoms with Crippen molar-refractivity contribution in [3.8, 4) is 0 Å². The maximum Gasteiger partial charge on any atom is 0.117 e. The van der Waals surface area contributed by atoms with Gasteiger partial charge in [0.2, 0.25) is 0 Å². The fourth-order valence-electron chi connectivity index (χ4n) is 3.19. The second-order valence-corrected chi connectivity index (χ2v) is 5.92. The maximum absolute atomic E-state index is 13.6. The summed E-state index contributed by atoms with van der Waals surface area (Å²) >= 11 is 0. The normalized spacial score (nSPS) is 39.9. The number of fused-ring (bicyclic) bond motifs is 1. The standard InChI is InChI=1S/C12H22FN/c1-12(2,3)11-6-4-5-10-9(13)7-8-14(10)11/h9-11H,4-8H2,1-3H3. The van der Waals surface area contributed by atoms with Crippen molar-refractivity contribution in [1.29, 1.82) is 0 Å². The molecule has 2 aliphatic rings. The number of halogens is 1. The van der Waals surface area contributed by atoms with Crippen molar-refractivity contribution in [2.45, 2.75) is 64.7 Å². The molecule has 0 bridgehead atoms. The molecule has 2 rings (SSSR count). The number of alkyl halides is 1. The summed E-state index contributed by atoms with van der Waals surface area (Å²) in [4.78, 5) is 2.44. The average molecular weight is 199 g/mol. The van der Waals surface area contributed by atoms with Crippen LogP contribution >= 0.6 is 0 Å². The van der Waals surface area contributed by atoms with Gasteiger partial charge in [0.25, 0.3) is 0 Å². The largest absolute Gasteiger partial charge is 0.294 e. The van der Waals surface area contributed by atoms with Crippen LogP contribution in [0, 0.1) is 5.41 Å². The van der Waals surface area contributed by atoms with Gasteiger partial charge in [0, 0.05) is 18.6 Å². The van der Waals surface area contributed by atoms with Crippen molar-refractivity contribution in [3.05, 3.63) is 0 Å². The summed E-state index contributed by atoms with van der Waals surface area (Å²) in [5.41, 5.74) is 0.308. The first-order chi connectivity index (χ1) is 6.50. The highest BCUT2D eigenvalue weighted by Gasteiger charge is 2.44. The predicted octanol–water partition coefficient (Wildman–Crippen LogP) is 3.00. The highest BCUT2D eigenvalue weighted by atomic mass is 19.1. The molecular weight excluding hydrogens is 177 g/mol. The van der Waals surface area contributed by atoms with Gasteiger partial charge in [-0.15, -0.1) is 0 Å². The molecule has 0 aliphatic carbocycles. The van der Waals surface area contributed by atoms with Gasteiger partial charge in [0.15, 0.2) is 0 Å². The molecule has 2 heteroatoms. The van der Waals surface area contributed by atoms with Crippen LogP contribution in [0.25, 0.3) is 0 Å². The van der Waals surface area contributed by atoms with Gasteiger partial charge in [-0.05, 0) is 24.7 Å². The number of nitrogens with zero attached hydrogens (tertiary/aromatic N) is 1. The van der Waals surface area contributed by atoms with E-state index in [0.29, 0.717) is 11.5 Å². The van der Waals surface area contributed by atoms with Crippen molar-refractivity contribution < 1.29 is 4.39 Å². The minimum Gasteiger partial charge on any atom is -0.294 e. The van der Waals surface area contributed by atoms with E-state index in [0.717, 1.165) is 19.4 Å². The first kappa shape index (κ1) is 10.4. The molecule has 3 atom stereocenters. The molecule has 2 fully saturated rings. The van der Waals surface area contributed by atoms with Crippen LogP contribution in [0.4, 0.5) is 4.39 Å². The van der Waals surface area contributed by atoms with Gasteiger partial charge in [0.05, 0.1) is 0 Å². The zero-order chi connectivity index (χ0) is 10.3. The second-order valence-electron chi connectivity index (χ2n) is 5.92. The molecule has 0 saturated carbocycles. The van der Waals surface area contributed by atoms with Gasteiger partial charge >= 0.3 is 0 Å². The molecule has 3 unspecified atom stereocenters. The monoisotopic (exact) mass is 199 g/mol. The van der Waals surface area contributed by atoms with Crippen molar-refractivity contribution in [1.82, 2.24) is 4.90 Å². The van der Waals surface area contributed by atoms with Crippen LogP contribution in [0.15, 0.2) is 0 Å². The Morgan fingerprint density at radius 3 is 2.50 bits per heavy atom. The van der Waals surface area contributed by atoms with Gasteiger partial charge in [0.1, 0.15) is 6.17 Å². The molecular formula is C12H22FN. The first-order valence-electron chi connectivity index (χ1n) is 5.90. The van der Waals surface area contributed by atoms with Gasteiger partial charge in [-0.2, -0.15) is 0 Å². The summed E-state index contributed by atoms with van der Waals surface area (Å²) in [6, 6.07) is 0.843. The van der Waals surface area contributed by atoms with E-state index < -0.39 is 6.17 Å². The molecule has 0 aromatic heterocycles. The minimum atomic E-state index is -0.555. The van der Waals surface area contributed by atoms with Gasteiger partial charge in [-0.1, -0.05) is 27.2 Å². The van der Waals surface area contributed by atoms with E-state index in [9.17, 15) is 4.39 Å². The lowest BCUT2D eigenvalue weighted by molar-refractivity contribution is 0.0310. The molecule has 14 heavy (non-hydrogen) atoms. The van der Waals surface area contributed by atoms with Gasteiger partial charge in [-0.25, -0.2) is 4.39 Å². The Hall–Kier alpha value is -0.110. The quantitative estimate of drug-likeness (QED) is 0.579. The second kappa shape index (κ2) is 3.48. The van der Waals surface area contributed by atoms with E-state index in [4.69, 9.17) is 0 Å². The zero-order valence-corrected chi connectivity index (χ0v) is 9.59. The third kappa shape index (κ3) is 1.69. The highest BCUT2D eigenvalue weighted by Crippen LogP contribution is 2.39. The molecule has 0 aromatic rings. The van der Waals surface area contributed by atoms with E-state index in [2.05, 4.69) is 25.7 Å². The summed E-state index contributed by atoms with van der Waals surface area (Å²) in [6.45, 7) is 7.83. The van der Waals surface area contributed by atoms with Crippen molar-refractivity contribution in [2.75, 3.05) is 6.54 Å². The Kier molecular flexibility index (Phi) is 2.59. The average Bonchev–Trinajstić information content (AvgIpc) is 2.46. The van der Waals surface area contributed by atoms with E-state index in [1.807, 2.05) is 0 Å². The van der Waals surface area contributed by atoms with Crippen LogP contribution in [0.3, 0.4) is 0 Å². The zero-order valence-electron chi connectivity index (χ0n) is 9.59. The number of hydrogen-bond acceptors (Lipinski definition) is 1. The van der Waals surface area contributed by atoms with Crippen molar-refractivity contribution in [2.24, 2.45) is 5.41 Å². The molecule has 0 aromatic carbocycles. The van der Waals surface area contributed by atoms with Crippen LogP contribution in [-0.4, -0.2) is 29.7 Å². The maximum atomic E-state index is 13.6. The molecule has 2 saturated heterocycles. The lowest BCUT2D eigenvalue weighted by Gasteiger charge is -2.45. The molecule has 2 heterocycles. The van der Waals surface area contributed by atoms with Crippen molar-refractivity contribution in [3.63, 3.8) is 0 Å². The smallest absolute Gasteiger partial charge is 0.117 e. The lowest BCUT2D eigenvalue weighted by Crippen LogP contribution is -2.50. The van der Waals surface area contributed by atoms with Crippen LogP contribution in [0.2, 0.25) is 0 Å². The summed E-state index contributed by atoms with van der Waals surface area (Å²) < 4.78 is 13.6. The Morgan fingerprint density at radius 1 is 1.14 bits per heavy atom. The molecule has 1 nitrogen and oxygen atoms in total. The molecule has 0 amide bonds. The summed E-state index contributed by atoms with van der Waals surface area (Å²) in [6.07, 6.45) is 3.75. The number of rotatable bonds is 0. The van der Waals surface area contributed by atoms with Crippen LogP contribution in [0.5, 0.6) is 0 Å². The van der Waals surface area contributed by atoms with E-state index in [1.165, 1.54) is 12.8 Å². The molecule has 0 radical (unpaired) electrons.